The number of halogens is 1. The number of nitrogens with zero attached hydrogens (tertiary/aromatic N) is 3. The molecule has 0 aliphatic heterocycles. The summed E-state index contributed by atoms with van der Waals surface area (Å²) in [7, 11) is 1.61. The van der Waals surface area contributed by atoms with Gasteiger partial charge in [-0.1, -0.05) is 21.0 Å². The van der Waals surface area contributed by atoms with E-state index in [0.29, 0.717) is 30.6 Å². The van der Waals surface area contributed by atoms with Gasteiger partial charge in [-0.25, -0.2) is 0 Å². The number of nitrogens with one attached hydrogen (secondary N) is 2. The molecule has 0 bridgehead atoms. The van der Waals surface area contributed by atoms with Crippen molar-refractivity contribution in [3.8, 4) is 11.5 Å². The molecule has 0 aliphatic rings. The molecule has 0 spiro atoms. The number of methoxy groups -OCH3 is 1. The van der Waals surface area contributed by atoms with Gasteiger partial charge in [-0.3, -0.25) is 0 Å². The number of tetrazole rings is 1. The van der Waals surface area contributed by atoms with Crippen LogP contribution in [0.25, 0.3) is 0 Å². The lowest BCUT2D eigenvalue weighted by Gasteiger charge is -2.13. The summed E-state index contributed by atoms with van der Waals surface area (Å²) in [6.07, 6.45) is 0. The molecule has 0 atom stereocenters. The molecule has 0 radical (unpaired) electrons. The van der Waals surface area contributed by atoms with E-state index in [4.69, 9.17) is 9.47 Å². The Bertz CT molecular complexity index is 532. The fourth-order valence-electron chi connectivity index (χ4n) is 1.55. The molecule has 2 rings (SSSR count). The Morgan fingerprint density at radius 1 is 1.37 bits per heavy atom. The summed E-state index contributed by atoms with van der Waals surface area (Å²) in [6, 6.07) is 3.79. The summed E-state index contributed by atoms with van der Waals surface area (Å²) in [5.41, 5.74) is 1.00. The third-order valence-electron chi connectivity index (χ3n) is 2.41. The van der Waals surface area contributed by atoms with E-state index >= 15 is 0 Å². The zero-order valence-electron chi connectivity index (χ0n) is 10.6. The number of benzene rings is 1. The van der Waals surface area contributed by atoms with Gasteiger partial charge in [0.25, 0.3) is 5.95 Å². The fourth-order valence-corrected chi connectivity index (χ4v) is 2.01. The molecule has 0 fully saturated rings. The average molecular weight is 328 g/mol. The van der Waals surface area contributed by atoms with Gasteiger partial charge in [0.05, 0.1) is 13.7 Å². The van der Waals surface area contributed by atoms with Crippen molar-refractivity contribution < 1.29 is 9.47 Å². The smallest absolute Gasteiger partial charge is 0.263 e. The maximum absolute atomic E-state index is 5.50. The predicted octanol–water partition coefficient (Wildman–Crippen LogP) is 1.98. The fraction of sp³-hybridized carbons (Fsp3) is 0.364. The van der Waals surface area contributed by atoms with Gasteiger partial charge in [-0.05, 0) is 29.8 Å². The van der Waals surface area contributed by atoms with Crippen LogP contribution in [-0.4, -0.2) is 34.3 Å². The summed E-state index contributed by atoms with van der Waals surface area (Å²) in [5, 5.41) is 16.5. The Morgan fingerprint density at radius 2 is 2.21 bits per heavy atom. The van der Waals surface area contributed by atoms with Gasteiger partial charge >= 0.3 is 0 Å². The lowest BCUT2D eigenvalue weighted by molar-refractivity contribution is 0.310. The van der Waals surface area contributed by atoms with Crippen molar-refractivity contribution in [2.75, 3.05) is 19.0 Å². The number of hydrogen-bond donors (Lipinski definition) is 2. The van der Waals surface area contributed by atoms with Crippen LogP contribution in [0.2, 0.25) is 0 Å². The Balaban J connectivity index is 2.16. The van der Waals surface area contributed by atoms with Crippen molar-refractivity contribution in [3.63, 3.8) is 0 Å². The number of H-pyrrole nitrogens is 1. The van der Waals surface area contributed by atoms with Crippen LogP contribution in [0, 0.1) is 0 Å². The molecule has 1 heterocycles. The molecule has 0 aliphatic carbocycles. The first kappa shape index (κ1) is 13.6. The van der Waals surface area contributed by atoms with Crippen molar-refractivity contribution in [1.29, 1.82) is 0 Å². The molecule has 102 valence electrons. The van der Waals surface area contributed by atoms with E-state index in [1.165, 1.54) is 0 Å². The molecule has 2 aromatic rings. The second-order valence-corrected chi connectivity index (χ2v) is 4.47. The van der Waals surface area contributed by atoms with Crippen LogP contribution >= 0.6 is 15.9 Å². The minimum Gasteiger partial charge on any atom is -0.493 e. The normalized spacial score (nSPS) is 10.3. The zero-order valence-corrected chi connectivity index (χ0v) is 12.2. The molecule has 19 heavy (non-hydrogen) atoms. The van der Waals surface area contributed by atoms with Crippen LogP contribution in [0.4, 0.5) is 5.95 Å². The summed E-state index contributed by atoms with van der Waals surface area (Å²) < 4.78 is 11.7. The molecule has 8 heteroatoms. The van der Waals surface area contributed by atoms with Crippen molar-refractivity contribution in [1.82, 2.24) is 20.6 Å². The minimum atomic E-state index is 0.444. The second-order valence-electron chi connectivity index (χ2n) is 3.62. The topological polar surface area (TPSA) is 85.0 Å². The number of ether oxygens (including phenoxy) is 2. The maximum atomic E-state index is 5.50. The lowest BCUT2D eigenvalue weighted by Crippen LogP contribution is -2.03. The zero-order chi connectivity index (χ0) is 13.7. The first-order valence-corrected chi connectivity index (χ1v) is 6.50. The van der Waals surface area contributed by atoms with Gasteiger partial charge in [0.15, 0.2) is 11.5 Å². The molecule has 0 saturated heterocycles. The SMILES string of the molecule is CCOc1cc(Br)c(CNc2nn[nH]n2)cc1OC. The number of aromatic amines is 1. The molecular weight excluding hydrogens is 314 g/mol. The molecule has 0 saturated carbocycles. The second kappa shape index (κ2) is 6.37. The summed E-state index contributed by atoms with van der Waals surface area (Å²) in [4.78, 5) is 0. The van der Waals surface area contributed by atoms with Gasteiger partial charge < -0.3 is 14.8 Å². The van der Waals surface area contributed by atoms with E-state index in [2.05, 4.69) is 41.9 Å². The third-order valence-corrected chi connectivity index (χ3v) is 3.15. The predicted molar refractivity (Wildman–Crippen MR) is 73.4 cm³/mol. The average Bonchev–Trinajstić information content (AvgIpc) is 2.91. The van der Waals surface area contributed by atoms with Gasteiger partial charge in [0.2, 0.25) is 0 Å². The van der Waals surface area contributed by atoms with E-state index in [0.717, 1.165) is 10.0 Å². The van der Waals surface area contributed by atoms with Crippen LogP contribution in [0.3, 0.4) is 0 Å². The number of rotatable bonds is 6. The molecule has 0 amide bonds. The minimum absolute atomic E-state index is 0.444. The Kier molecular flexibility index (Phi) is 4.56. The highest BCUT2D eigenvalue weighted by molar-refractivity contribution is 9.10. The van der Waals surface area contributed by atoms with Crippen LogP contribution in [-0.2, 0) is 6.54 Å². The Hall–Kier alpha value is -1.83. The van der Waals surface area contributed by atoms with Crippen LogP contribution in [0.1, 0.15) is 12.5 Å². The number of hydrogen-bond acceptors (Lipinski definition) is 6. The first-order chi connectivity index (χ1) is 9.24. The van der Waals surface area contributed by atoms with E-state index in [1.807, 2.05) is 19.1 Å². The van der Waals surface area contributed by atoms with Crippen LogP contribution in [0.5, 0.6) is 11.5 Å². The van der Waals surface area contributed by atoms with E-state index in [1.54, 1.807) is 7.11 Å². The molecular formula is C11H14BrN5O2. The molecule has 2 N–H and O–H groups in total. The van der Waals surface area contributed by atoms with Crippen molar-refractivity contribution in [2.24, 2.45) is 0 Å². The van der Waals surface area contributed by atoms with Gasteiger partial charge in [0.1, 0.15) is 0 Å². The van der Waals surface area contributed by atoms with Gasteiger partial charge in [-0.2, -0.15) is 5.21 Å². The van der Waals surface area contributed by atoms with E-state index in [9.17, 15) is 0 Å². The highest BCUT2D eigenvalue weighted by atomic mass is 79.9. The molecule has 1 aromatic carbocycles. The molecule has 7 nitrogen and oxygen atoms in total. The maximum Gasteiger partial charge on any atom is 0.263 e. The highest BCUT2D eigenvalue weighted by Crippen LogP contribution is 2.33. The largest absolute Gasteiger partial charge is 0.493 e. The van der Waals surface area contributed by atoms with Crippen LogP contribution < -0.4 is 14.8 Å². The van der Waals surface area contributed by atoms with Crippen molar-refractivity contribution >= 4 is 21.9 Å². The highest BCUT2D eigenvalue weighted by Gasteiger charge is 2.10. The van der Waals surface area contributed by atoms with Gasteiger partial charge in [-0.15, -0.1) is 5.10 Å². The standard InChI is InChI=1S/C11H14BrN5O2/c1-3-19-10-5-8(12)7(4-9(10)18-2)6-13-11-14-16-17-15-11/h4-5H,3,6H2,1-2H3,(H2,13,14,15,16,17). The van der Waals surface area contributed by atoms with E-state index in [-0.39, 0.29) is 0 Å². The van der Waals surface area contributed by atoms with Crippen molar-refractivity contribution in [2.45, 2.75) is 13.5 Å². The van der Waals surface area contributed by atoms with E-state index < -0.39 is 0 Å². The monoisotopic (exact) mass is 327 g/mol. The Morgan fingerprint density at radius 3 is 2.84 bits per heavy atom. The quantitative estimate of drug-likeness (QED) is 0.843. The first-order valence-electron chi connectivity index (χ1n) is 5.71. The summed E-state index contributed by atoms with van der Waals surface area (Å²) in [6.45, 7) is 3.06. The summed E-state index contributed by atoms with van der Waals surface area (Å²) in [5.74, 6) is 1.84. The third kappa shape index (κ3) is 3.34. The molecule has 0 unspecified atom stereocenters. The van der Waals surface area contributed by atoms with Crippen molar-refractivity contribution in [3.05, 3.63) is 22.2 Å². The summed E-state index contributed by atoms with van der Waals surface area (Å²) >= 11 is 3.50. The van der Waals surface area contributed by atoms with Gasteiger partial charge in [0, 0.05) is 11.0 Å². The molecule has 1 aromatic heterocycles. The van der Waals surface area contributed by atoms with Crippen LogP contribution in [0.15, 0.2) is 16.6 Å². The lowest BCUT2D eigenvalue weighted by atomic mass is 10.2. The number of anilines is 1. The number of aromatic nitrogens is 4. The Labute approximate surface area is 118 Å².